The lowest BCUT2D eigenvalue weighted by Crippen LogP contribution is -2.44. The molecule has 3 aliphatic heterocycles. The Morgan fingerprint density at radius 1 is 1.07 bits per heavy atom. The molecule has 2 aromatic carbocycles. The molecule has 0 atom stereocenters. The van der Waals surface area contributed by atoms with Crippen molar-refractivity contribution in [2.24, 2.45) is 0 Å². The molecule has 2 aromatic rings. The molecule has 5 rings (SSSR count). The van der Waals surface area contributed by atoms with E-state index in [-0.39, 0.29) is 24.2 Å². The van der Waals surface area contributed by atoms with Crippen LogP contribution in [-0.4, -0.2) is 46.7 Å². The third-order valence-electron chi connectivity index (χ3n) is 5.34. The van der Waals surface area contributed by atoms with Crippen molar-refractivity contribution in [3.63, 3.8) is 0 Å². The molecule has 0 saturated carbocycles. The van der Waals surface area contributed by atoms with Crippen LogP contribution in [0.1, 0.15) is 16.7 Å². The molecular formula is C22H18N2O5S. The minimum Gasteiger partial charge on any atom is -0.454 e. The SMILES string of the molecule is O=C(CN1C(=O)S/C(=C\c2ccc3c(c2)OCO3)C1=O)N1CCc2ccccc2C1. The molecule has 1 fully saturated rings. The number of hydrogen-bond donors (Lipinski definition) is 0. The van der Waals surface area contributed by atoms with Crippen LogP contribution in [0.4, 0.5) is 4.79 Å². The molecule has 30 heavy (non-hydrogen) atoms. The number of benzene rings is 2. The lowest BCUT2D eigenvalue weighted by molar-refractivity contribution is -0.136. The lowest BCUT2D eigenvalue weighted by atomic mass is 10.00. The van der Waals surface area contributed by atoms with Gasteiger partial charge in [0.2, 0.25) is 12.7 Å². The summed E-state index contributed by atoms with van der Waals surface area (Å²) in [4.78, 5) is 40.9. The van der Waals surface area contributed by atoms with Gasteiger partial charge in [-0.15, -0.1) is 0 Å². The van der Waals surface area contributed by atoms with Gasteiger partial charge in [-0.2, -0.15) is 0 Å². The van der Waals surface area contributed by atoms with Crippen LogP contribution in [0, 0.1) is 0 Å². The second-order valence-electron chi connectivity index (χ2n) is 7.21. The van der Waals surface area contributed by atoms with E-state index in [1.807, 2.05) is 18.2 Å². The lowest BCUT2D eigenvalue weighted by Gasteiger charge is -2.29. The number of carbonyl (C=O) groups excluding carboxylic acids is 3. The van der Waals surface area contributed by atoms with Gasteiger partial charge < -0.3 is 14.4 Å². The quantitative estimate of drug-likeness (QED) is 0.708. The molecular weight excluding hydrogens is 404 g/mol. The van der Waals surface area contributed by atoms with E-state index >= 15 is 0 Å². The highest BCUT2D eigenvalue weighted by Gasteiger charge is 2.37. The molecule has 3 aliphatic rings. The smallest absolute Gasteiger partial charge is 0.294 e. The van der Waals surface area contributed by atoms with Crippen molar-refractivity contribution >= 4 is 34.9 Å². The summed E-state index contributed by atoms with van der Waals surface area (Å²) < 4.78 is 10.6. The molecule has 1 saturated heterocycles. The molecule has 0 radical (unpaired) electrons. The second kappa shape index (κ2) is 7.53. The molecule has 0 N–H and O–H groups in total. The monoisotopic (exact) mass is 422 g/mol. The summed E-state index contributed by atoms with van der Waals surface area (Å²) in [5.74, 6) is 0.571. The maximum absolute atomic E-state index is 12.8. The first-order valence-corrected chi connectivity index (χ1v) is 10.4. The van der Waals surface area contributed by atoms with Crippen LogP contribution in [0.5, 0.6) is 11.5 Å². The summed E-state index contributed by atoms with van der Waals surface area (Å²) >= 11 is 0.843. The molecule has 152 valence electrons. The Balaban J connectivity index is 1.28. The topological polar surface area (TPSA) is 76.1 Å². The maximum atomic E-state index is 12.8. The highest BCUT2D eigenvalue weighted by Crippen LogP contribution is 2.36. The van der Waals surface area contributed by atoms with Gasteiger partial charge in [0.05, 0.1) is 4.91 Å². The molecule has 3 heterocycles. The standard InChI is InChI=1S/C22H18N2O5S/c25-20(23-8-7-15-3-1-2-4-16(15)11-23)12-24-21(26)19(30-22(24)27)10-14-5-6-17-18(9-14)29-13-28-17/h1-6,9-10H,7-8,11-13H2/b19-10-. The third-order valence-corrected chi connectivity index (χ3v) is 6.25. The average molecular weight is 422 g/mol. The number of carbonyl (C=O) groups is 3. The number of thioether (sulfide) groups is 1. The van der Waals surface area contributed by atoms with E-state index in [2.05, 4.69) is 6.07 Å². The minimum atomic E-state index is -0.451. The van der Waals surface area contributed by atoms with Crippen LogP contribution >= 0.6 is 11.8 Å². The van der Waals surface area contributed by atoms with Crippen LogP contribution in [0.25, 0.3) is 6.08 Å². The number of hydrogen-bond acceptors (Lipinski definition) is 6. The first-order valence-electron chi connectivity index (χ1n) is 9.58. The van der Waals surface area contributed by atoms with E-state index in [4.69, 9.17) is 9.47 Å². The Morgan fingerprint density at radius 2 is 1.87 bits per heavy atom. The average Bonchev–Trinajstić information content (AvgIpc) is 3.33. The van der Waals surface area contributed by atoms with Gasteiger partial charge in [-0.1, -0.05) is 30.3 Å². The fraction of sp³-hybridized carbons (Fsp3) is 0.227. The molecule has 0 spiro atoms. The highest BCUT2D eigenvalue weighted by molar-refractivity contribution is 8.18. The summed E-state index contributed by atoms with van der Waals surface area (Å²) in [7, 11) is 0. The number of imide groups is 1. The van der Waals surface area contributed by atoms with E-state index < -0.39 is 11.1 Å². The van der Waals surface area contributed by atoms with E-state index in [9.17, 15) is 14.4 Å². The zero-order valence-corrected chi connectivity index (χ0v) is 16.8. The summed E-state index contributed by atoms with van der Waals surface area (Å²) in [5.41, 5.74) is 3.07. The maximum Gasteiger partial charge on any atom is 0.294 e. The first-order chi connectivity index (χ1) is 14.6. The highest BCUT2D eigenvalue weighted by atomic mass is 32.2. The Bertz CT molecular complexity index is 1100. The van der Waals surface area contributed by atoms with Crippen LogP contribution in [-0.2, 0) is 22.6 Å². The van der Waals surface area contributed by atoms with Crippen molar-refractivity contribution in [2.75, 3.05) is 19.9 Å². The fourth-order valence-electron chi connectivity index (χ4n) is 3.73. The van der Waals surface area contributed by atoms with Crippen LogP contribution in [0.2, 0.25) is 0 Å². The summed E-state index contributed by atoms with van der Waals surface area (Å²) in [6, 6.07) is 13.3. The summed E-state index contributed by atoms with van der Waals surface area (Å²) in [5, 5.41) is -0.433. The Kier molecular flexibility index (Phi) is 4.71. The third kappa shape index (κ3) is 3.43. The van der Waals surface area contributed by atoms with Gasteiger partial charge in [-0.25, -0.2) is 0 Å². The van der Waals surface area contributed by atoms with Gasteiger partial charge in [-0.05, 0) is 53.1 Å². The fourth-order valence-corrected chi connectivity index (χ4v) is 4.57. The number of nitrogens with zero attached hydrogens (tertiary/aromatic N) is 2. The van der Waals surface area contributed by atoms with E-state index in [1.165, 1.54) is 5.56 Å². The van der Waals surface area contributed by atoms with E-state index in [0.717, 1.165) is 34.2 Å². The number of rotatable bonds is 3. The Morgan fingerprint density at radius 3 is 2.73 bits per heavy atom. The van der Waals surface area contributed by atoms with Crippen LogP contribution in [0.15, 0.2) is 47.4 Å². The largest absolute Gasteiger partial charge is 0.454 e. The normalized spacial score (nSPS) is 18.9. The van der Waals surface area contributed by atoms with Crippen molar-refractivity contribution in [3.8, 4) is 11.5 Å². The van der Waals surface area contributed by atoms with Crippen LogP contribution in [0.3, 0.4) is 0 Å². The van der Waals surface area contributed by atoms with Gasteiger partial charge >= 0.3 is 0 Å². The van der Waals surface area contributed by atoms with Gasteiger partial charge in [0.15, 0.2) is 11.5 Å². The molecule has 0 bridgehead atoms. The number of amides is 3. The van der Waals surface area contributed by atoms with Crippen molar-refractivity contribution in [3.05, 3.63) is 64.1 Å². The molecule has 7 nitrogen and oxygen atoms in total. The Hall–Kier alpha value is -3.26. The summed E-state index contributed by atoms with van der Waals surface area (Å²) in [6.07, 6.45) is 2.41. The number of ether oxygens (including phenoxy) is 2. The molecule has 0 unspecified atom stereocenters. The van der Waals surface area contributed by atoms with Crippen LogP contribution < -0.4 is 9.47 Å². The number of fused-ring (bicyclic) bond motifs is 2. The van der Waals surface area contributed by atoms with Crippen molar-refractivity contribution in [1.82, 2.24) is 9.80 Å². The van der Waals surface area contributed by atoms with E-state index in [0.29, 0.717) is 24.6 Å². The molecule has 0 aliphatic carbocycles. The zero-order chi connectivity index (χ0) is 20.7. The summed E-state index contributed by atoms with van der Waals surface area (Å²) in [6.45, 7) is 1.00. The molecule has 8 heteroatoms. The zero-order valence-electron chi connectivity index (χ0n) is 16.0. The van der Waals surface area contributed by atoms with E-state index in [1.54, 1.807) is 29.2 Å². The van der Waals surface area contributed by atoms with Crippen molar-refractivity contribution in [1.29, 1.82) is 0 Å². The van der Waals surface area contributed by atoms with Gasteiger partial charge in [0.1, 0.15) is 6.54 Å². The predicted octanol–water partition coefficient (Wildman–Crippen LogP) is 3.04. The van der Waals surface area contributed by atoms with Gasteiger partial charge in [-0.3, -0.25) is 19.3 Å². The van der Waals surface area contributed by atoms with Gasteiger partial charge in [0, 0.05) is 13.1 Å². The second-order valence-corrected chi connectivity index (χ2v) is 8.21. The van der Waals surface area contributed by atoms with Crippen molar-refractivity contribution < 1.29 is 23.9 Å². The minimum absolute atomic E-state index is 0.165. The Labute approximate surface area is 177 Å². The predicted molar refractivity (Wildman–Crippen MR) is 111 cm³/mol. The molecule has 3 amide bonds. The first kappa shape index (κ1) is 18.7. The molecule has 0 aromatic heterocycles. The van der Waals surface area contributed by atoms with Gasteiger partial charge in [0.25, 0.3) is 11.1 Å². The van der Waals surface area contributed by atoms with Crippen molar-refractivity contribution in [2.45, 2.75) is 13.0 Å².